The molecule has 0 amide bonds. The van der Waals surface area contributed by atoms with Crippen molar-refractivity contribution in [3.8, 4) is 0 Å². The van der Waals surface area contributed by atoms with Gasteiger partial charge in [0.1, 0.15) is 17.0 Å². The molecule has 0 unspecified atom stereocenters. The molecule has 1 aromatic carbocycles. The van der Waals surface area contributed by atoms with Gasteiger partial charge in [-0.15, -0.1) is 0 Å². The molecular formula is C23H23N7O2. The lowest BCUT2D eigenvalue weighted by molar-refractivity contribution is 0.122. The first-order chi connectivity index (χ1) is 15.8. The number of anilines is 4. The van der Waals surface area contributed by atoms with E-state index in [4.69, 9.17) is 4.74 Å². The first kappa shape index (κ1) is 20.0. The number of hydrogen-bond acceptors (Lipinski definition) is 8. The number of ether oxygens (including phenoxy) is 1. The number of rotatable bonds is 6. The fourth-order valence-electron chi connectivity index (χ4n) is 3.68. The highest BCUT2D eigenvalue weighted by atomic mass is 16.5. The van der Waals surface area contributed by atoms with Gasteiger partial charge >= 0.3 is 0 Å². The summed E-state index contributed by atoms with van der Waals surface area (Å²) in [6, 6.07) is 13.7. The van der Waals surface area contributed by atoms with Crippen molar-refractivity contribution < 1.29 is 4.74 Å². The highest BCUT2D eigenvalue weighted by Crippen LogP contribution is 2.26. The number of nitrogens with one attached hydrogen (secondary N) is 3. The first-order valence-electron chi connectivity index (χ1n) is 10.5. The summed E-state index contributed by atoms with van der Waals surface area (Å²) in [6.07, 6.45) is 4.90. The molecule has 3 aromatic heterocycles. The largest absolute Gasteiger partial charge is 0.378 e. The van der Waals surface area contributed by atoms with Gasteiger partial charge in [0.15, 0.2) is 0 Å². The summed E-state index contributed by atoms with van der Waals surface area (Å²) in [5.41, 5.74) is 3.38. The minimum Gasteiger partial charge on any atom is -0.378 e. The number of benzene rings is 1. The maximum absolute atomic E-state index is 12.5. The average molecular weight is 429 g/mol. The van der Waals surface area contributed by atoms with Crippen LogP contribution in [0.15, 0.2) is 66.0 Å². The van der Waals surface area contributed by atoms with E-state index in [1.165, 1.54) is 6.33 Å². The van der Waals surface area contributed by atoms with Crippen LogP contribution in [-0.4, -0.2) is 46.2 Å². The number of H-pyrrole nitrogens is 1. The Hall–Kier alpha value is -3.98. The molecule has 9 nitrogen and oxygen atoms in total. The van der Waals surface area contributed by atoms with Gasteiger partial charge in [-0.1, -0.05) is 0 Å². The number of aromatic amines is 1. The Labute approximate surface area is 184 Å². The second-order valence-corrected chi connectivity index (χ2v) is 7.46. The number of pyridine rings is 2. The molecule has 0 aliphatic carbocycles. The topological polar surface area (TPSA) is 108 Å². The van der Waals surface area contributed by atoms with Gasteiger partial charge in [0, 0.05) is 49.5 Å². The predicted octanol–water partition coefficient (Wildman–Crippen LogP) is 2.91. The van der Waals surface area contributed by atoms with Crippen molar-refractivity contribution in [2.75, 3.05) is 41.8 Å². The summed E-state index contributed by atoms with van der Waals surface area (Å²) in [6.45, 7) is 3.82. The average Bonchev–Trinajstić information content (AvgIpc) is 2.84. The number of aromatic nitrogens is 4. The molecule has 32 heavy (non-hydrogen) atoms. The molecule has 1 aliphatic heterocycles. The Balaban J connectivity index is 1.42. The maximum Gasteiger partial charge on any atom is 0.262 e. The van der Waals surface area contributed by atoms with Crippen molar-refractivity contribution in [1.82, 2.24) is 19.9 Å². The van der Waals surface area contributed by atoms with E-state index in [0.717, 1.165) is 43.2 Å². The molecule has 3 N–H and O–H groups in total. The molecule has 0 saturated carbocycles. The molecule has 5 rings (SSSR count). The summed E-state index contributed by atoms with van der Waals surface area (Å²) in [5, 5.41) is 7.01. The van der Waals surface area contributed by atoms with Crippen LogP contribution < -0.4 is 21.1 Å². The second kappa shape index (κ2) is 9.03. The smallest absolute Gasteiger partial charge is 0.262 e. The molecule has 1 fully saturated rings. The van der Waals surface area contributed by atoms with E-state index in [2.05, 4.69) is 47.6 Å². The summed E-state index contributed by atoms with van der Waals surface area (Å²) < 4.78 is 5.43. The number of fused-ring (bicyclic) bond motifs is 1. The van der Waals surface area contributed by atoms with E-state index < -0.39 is 0 Å². The van der Waals surface area contributed by atoms with Crippen LogP contribution >= 0.6 is 0 Å². The Morgan fingerprint density at radius 1 is 1.06 bits per heavy atom. The maximum atomic E-state index is 12.5. The third-order valence-electron chi connectivity index (χ3n) is 5.35. The Kier molecular flexibility index (Phi) is 5.63. The molecule has 1 saturated heterocycles. The van der Waals surface area contributed by atoms with E-state index in [1.807, 2.05) is 24.3 Å². The van der Waals surface area contributed by atoms with E-state index in [-0.39, 0.29) is 5.56 Å². The summed E-state index contributed by atoms with van der Waals surface area (Å²) in [7, 11) is 0. The number of morpholine rings is 1. The zero-order valence-electron chi connectivity index (χ0n) is 17.4. The Morgan fingerprint density at radius 2 is 1.84 bits per heavy atom. The van der Waals surface area contributed by atoms with Gasteiger partial charge in [0.25, 0.3) is 5.56 Å². The van der Waals surface area contributed by atoms with Crippen molar-refractivity contribution >= 4 is 33.9 Å². The lowest BCUT2D eigenvalue weighted by Gasteiger charge is -2.28. The van der Waals surface area contributed by atoms with Crippen LogP contribution in [-0.2, 0) is 11.3 Å². The van der Waals surface area contributed by atoms with Gasteiger partial charge in [0.2, 0.25) is 0 Å². The molecule has 0 spiro atoms. The van der Waals surface area contributed by atoms with Crippen molar-refractivity contribution in [3.05, 3.63) is 77.1 Å². The fourth-order valence-corrected chi connectivity index (χ4v) is 3.68. The van der Waals surface area contributed by atoms with Crippen LogP contribution in [0.1, 0.15) is 5.56 Å². The standard InChI is InChI=1S/C23H23N7O2/c31-23-21-19(26-15-27-23)13-20(25-14-16-5-7-24-8-6-16)29-22(21)28-17-1-3-18(4-2-17)30-9-11-32-12-10-30/h1-8,13,15H,9-12,14H2,(H2,25,28,29)(H,26,27,31). The molecule has 4 heterocycles. The molecule has 162 valence electrons. The van der Waals surface area contributed by atoms with Gasteiger partial charge in [-0.05, 0) is 42.0 Å². The van der Waals surface area contributed by atoms with Crippen LogP contribution in [0.3, 0.4) is 0 Å². The minimum atomic E-state index is -0.240. The molecule has 0 radical (unpaired) electrons. The van der Waals surface area contributed by atoms with Gasteiger partial charge in [0.05, 0.1) is 25.1 Å². The van der Waals surface area contributed by atoms with E-state index in [1.54, 1.807) is 18.5 Å². The molecular weight excluding hydrogens is 406 g/mol. The van der Waals surface area contributed by atoms with Crippen molar-refractivity contribution in [2.24, 2.45) is 0 Å². The quantitative estimate of drug-likeness (QED) is 0.429. The summed E-state index contributed by atoms with van der Waals surface area (Å²) in [5.74, 6) is 1.08. The van der Waals surface area contributed by atoms with E-state index in [0.29, 0.717) is 29.1 Å². The number of nitrogens with zero attached hydrogens (tertiary/aromatic N) is 4. The number of hydrogen-bond donors (Lipinski definition) is 3. The lowest BCUT2D eigenvalue weighted by Crippen LogP contribution is -2.36. The van der Waals surface area contributed by atoms with Crippen LogP contribution in [0.25, 0.3) is 10.9 Å². The van der Waals surface area contributed by atoms with Gasteiger partial charge in [-0.25, -0.2) is 9.97 Å². The van der Waals surface area contributed by atoms with Crippen molar-refractivity contribution in [2.45, 2.75) is 6.54 Å². The fraction of sp³-hybridized carbons (Fsp3) is 0.217. The van der Waals surface area contributed by atoms with Crippen LogP contribution in [0.2, 0.25) is 0 Å². The van der Waals surface area contributed by atoms with Gasteiger partial charge in [-0.3, -0.25) is 9.78 Å². The minimum absolute atomic E-state index is 0.240. The summed E-state index contributed by atoms with van der Waals surface area (Å²) >= 11 is 0. The van der Waals surface area contributed by atoms with Gasteiger partial charge < -0.3 is 25.3 Å². The van der Waals surface area contributed by atoms with Crippen molar-refractivity contribution in [3.63, 3.8) is 0 Å². The Morgan fingerprint density at radius 3 is 2.62 bits per heavy atom. The van der Waals surface area contributed by atoms with Gasteiger partial charge in [-0.2, -0.15) is 0 Å². The normalized spacial score (nSPS) is 13.8. The first-order valence-corrected chi connectivity index (χ1v) is 10.5. The molecule has 0 atom stereocenters. The highest BCUT2D eigenvalue weighted by molar-refractivity contribution is 5.92. The predicted molar refractivity (Wildman–Crippen MR) is 124 cm³/mol. The van der Waals surface area contributed by atoms with Crippen molar-refractivity contribution in [1.29, 1.82) is 0 Å². The third kappa shape index (κ3) is 4.37. The molecule has 4 aromatic rings. The lowest BCUT2D eigenvalue weighted by atomic mass is 10.2. The monoisotopic (exact) mass is 429 g/mol. The summed E-state index contributed by atoms with van der Waals surface area (Å²) in [4.78, 5) is 30.5. The van der Waals surface area contributed by atoms with Crippen LogP contribution in [0, 0.1) is 0 Å². The Bertz CT molecular complexity index is 1250. The van der Waals surface area contributed by atoms with E-state index in [9.17, 15) is 4.79 Å². The zero-order valence-corrected chi connectivity index (χ0v) is 17.4. The SMILES string of the molecule is O=c1[nH]cnc2cc(NCc3ccncc3)nc(Nc3ccc(N4CCOCC4)cc3)c12. The third-order valence-corrected chi connectivity index (χ3v) is 5.35. The van der Waals surface area contributed by atoms with Crippen LogP contribution in [0.5, 0.6) is 0 Å². The molecule has 1 aliphatic rings. The molecule has 9 heteroatoms. The highest BCUT2D eigenvalue weighted by Gasteiger charge is 2.13. The van der Waals surface area contributed by atoms with E-state index >= 15 is 0 Å². The second-order valence-electron chi connectivity index (χ2n) is 7.46. The molecule has 0 bridgehead atoms. The van der Waals surface area contributed by atoms with Crippen LogP contribution in [0.4, 0.5) is 23.0 Å². The zero-order chi connectivity index (χ0) is 21.8.